The molecule has 0 saturated heterocycles. The quantitative estimate of drug-likeness (QED) is 0.559. The largest absolute Gasteiger partial charge is 2.00 e. The minimum absolute atomic E-state index is 0. The van der Waals surface area contributed by atoms with Gasteiger partial charge in [0.1, 0.15) is 11.5 Å². The van der Waals surface area contributed by atoms with Crippen molar-refractivity contribution in [3.63, 3.8) is 0 Å². The molecule has 150 valence electrons. The van der Waals surface area contributed by atoms with E-state index in [1.54, 1.807) is 12.1 Å². The first-order valence-electron chi connectivity index (χ1n) is 8.42. The maximum Gasteiger partial charge on any atom is 2.00 e. The van der Waals surface area contributed by atoms with Crippen LogP contribution < -0.4 is 24.8 Å². The summed E-state index contributed by atoms with van der Waals surface area (Å²) in [4.78, 5) is 0. The van der Waals surface area contributed by atoms with Crippen LogP contribution in [0.4, 0.5) is 0 Å². The van der Waals surface area contributed by atoms with Crippen LogP contribution in [0.5, 0.6) is 11.5 Å². The first-order chi connectivity index (χ1) is 10.8. The second kappa shape index (κ2) is 12.0. The second-order valence-corrected chi connectivity index (χ2v) is 8.54. The van der Waals surface area contributed by atoms with E-state index in [1.807, 2.05) is 38.1 Å². The Bertz CT molecular complexity index is 641. The summed E-state index contributed by atoms with van der Waals surface area (Å²) in [6, 6.07) is 11.4. The third-order valence-corrected chi connectivity index (χ3v) is 3.92. The molecule has 2 N–H and O–H groups in total. The predicted molar refractivity (Wildman–Crippen MR) is 103 cm³/mol. The fourth-order valence-corrected chi connectivity index (χ4v) is 2.50. The average molecular weight is 447 g/mol. The second-order valence-electron chi connectivity index (χ2n) is 8.54. The van der Waals surface area contributed by atoms with Crippen LogP contribution in [-0.4, -0.2) is 10.2 Å². The molecule has 2 aromatic carbocycles. The molecular formula is C22H32Cl2O2Ti. The number of hydrogen-bond donors (Lipinski definition) is 2. The molecule has 0 aliphatic rings. The Morgan fingerprint density at radius 3 is 1.04 bits per heavy atom. The number of halogens is 2. The first kappa shape index (κ1) is 31.0. The SMILES string of the molecule is Cc1ccc(O)c(C(C)(C)C)c1.Cc1ccc(O)c(C(C)(C)C)c1.[Cl-].[Cl-].[Ti+2]. The normalized spacial score (nSPS) is 10.4. The maximum atomic E-state index is 9.57. The Balaban J connectivity index is -0.000000384. The standard InChI is InChI=1S/2C11H16O.2ClH.Ti/c2*1-8-5-6-10(12)9(7-8)11(2,3)4;;;/h2*5-7,12H,1-4H3;2*1H;/q;;;;+2/p-2. The molecule has 0 unspecified atom stereocenters. The van der Waals surface area contributed by atoms with E-state index in [2.05, 4.69) is 41.5 Å². The minimum atomic E-state index is 0. The smallest absolute Gasteiger partial charge is 1.00 e. The third-order valence-electron chi connectivity index (χ3n) is 3.92. The number of aryl methyl sites for hydroxylation is 2. The van der Waals surface area contributed by atoms with Crippen molar-refractivity contribution < 1.29 is 56.7 Å². The zero-order valence-corrected chi connectivity index (χ0v) is 20.7. The molecule has 0 aliphatic carbocycles. The molecule has 0 heterocycles. The summed E-state index contributed by atoms with van der Waals surface area (Å²) >= 11 is 0. The number of hydrogen-bond acceptors (Lipinski definition) is 2. The summed E-state index contributed by atoms with van der Waals surface area (Å²) < 4.78 is 0. The van der Waals surface area contributed by atoms with Gasteiger partial charge in [-0.2, -0.15) is 0 Å². The van der Waals surface area contributed by atoms with Gasteiger partial charge < -0.3 is 35.0 Å². The van der Waals surface area contributed by atoms with E-state index in [0.717, 1.165) is 11.1 Å². The van der Waals surface area contributed by atoms with Crippen molar-refractivity contribution in [3.8, 4) is 11.5 Å². The van der Waals surface area contributed by atoms with E-state index in [-0.39, 0.29) is 57.4 Å². The van der Waals surface area contributed by atoms with Gasteiger partial charge >= 0.3 is 21.7 Å². The summed E-state index contributed by atoms with van der Waals surface area (Å²) in [6.45, 7) is 16.7. The van der Waals surface area contributed by atoms with Gasteiger partial charge in [-0.05, 0) is 47.9 Å². The van der Waals surface area contributed by atoms with E-state index >= 15 is 0 Å². The molecule has 0 bridgehead atoms. The van der Waals surface area contributed by atoms with Crippen LogP contribution >= 0.6 is 0 Å². The molecule has 0 fully saturated rings. The van der Waals surface area contributed by atoms with Crippen LogP contribution in [0.2, 0.25) is 0 Å². The van der Waals surface area contributed by atoms with Crippen molar-refractivity contribution in [1.82, 2.24) is 0 Å². The Morgan fingerprint density at radius 1 is 0.593 bits per heavy atom. The van der Waals surface area contributed by atoms with Gasteiger partial charge in [0.15, 0.2) is 0 Å². The van der Waals surface area contributed by atoms with Crippen molar-refractivity contribution in [2.45, 2.75) is 66.2 Å². The molecule has 27 heavy (non-hydrogen) atoms. The van der Waals surface area contributed by atoms with Crippen LogP contribution in [0.15, 0.2) is 36.4 Å². The van der Waals surface area contributed by atoms with Crippen molar-refractivity contribution in [3.05, 3.63) is 58.7 Å². The molecule has 5 heteroatoms. The zero-order chi connectivity index (χ0) is 18.7. The molecule has 0 atom stereocenters. The molecule has 2 aromatic rings. The summed E-state index contributed by atoms with van der Waals surface area (Å²) in [5, 5.41) is 19.1. The van der Waals surface area contributed by atoms with Crippen LogP contribution in [0.1, 0.15) is 63.8 Å². The molecule has 0 amide bonds. The van der Waals surface area contributed by atoms with Gasteiger partial charge in [-0.15, -0.1) is 0 Å². The average Bonchev–Trinajstić information content (AvgIpc) is 2.42. The topological polar surface area (TPSA) is 40.5 Å². The van der Waals surface area contributed by atoms with Crippen LogP contribution in [0.3, 0.4) is 0 Å². The molecule has 2 nitrogen and oxygen atoms in total. The van der Waals surface area contributed by atoms with Gasteiger partial charge in [0, 0.05) is 0 Å². The van der Waals surface area contributed by atoms with E-state index in [0.29, 0.717) is 11.5 Å². The molecular weight excluding hydrogens is 415 g/mol. The van der Waals surface area contributed by atoms with Gasteiger partial charge in [0.25, 0.3) is 0 Å². The maximum absolute atomic E-state index is 9.57. The Kier molecular flexibility index (Phi) is 13.8. The first-order valence-corrected chi connectivity index (χ1v) is 8.42. The molecule has 2 rings (SSSR count). The van der Waals surface area contributed by atoms with Crippen LogP contribution in [0, 0.1) is 13.8 Å². The number of rotatable bonds is 0. The fourth-order valence-electron chi connectivity index (χ4n) is 2.50. The van der Waals surface area contributed by atoms with Gasteiger partial charge in [0.05, 0.1) is 0 Å². The van der Waals surface area contributed by atoms with Gasteiger partial charge in [-0.25, -0.2) is 0 Å². The Morgan fingerprint density at radius 2 is 0.852 bits per heavy atom. The summed E-state index contributed by atoms with van der Waals surface area (Å²) in [7, 11) is 0. The molecule has 0 radical (unpaired) electrons. The van der Waals surface area contributed by atoms with Crippen molar-refractivity contribution in [2.75, 3.05) is 0 Å². The number of phenolic OH excluding ortho intramolecular Hbond substituents is 2. The van der Waals surface area contributed by atoms with Crippen LogP contribution in [0.25, 0.3) is 0 Å². The van der Waals surface area contributed by atoms with E-state index in [1.165, 1.54) is 11.1 Å². The van der Waals surface area contributed by atoms with E-state index in [9.17, 15) is 10.2 Å². The van der Waals surface area contributed by atoms with Crippen molar-refractivity contribution >= 4 is 0 Å². The third kappa shape index (κ3) is 9.90. The van der Waals surface area contributed by atoms with Crippen molar-refractivity contribution in [2.24, 2.45) is 0 Å². The molecule has 0 aliphatic heterocycles. The molecule has 0 aromatic heterocycles. The van der Waals surface area contributed by atoms with Gasteiger partial charge in [-0.3, -0.25) is 0 Å². The number of aromatic hydroxyl groups is 2. The summed E-state index contributed by atoms with van der Waals surface area (Å²) in [6.07, 6.45) is 0. The number of phenols is 2. The van der Waals surface area contributed by atoms with Gasteiger partial charge in [0.2, 0.25) is 0 Å². The van der Waals surface area contributed by atoms with Crippen molar-refractivity contribution in [1.29, 1.82) is 0 Å². The zero-order valence-electron chi connectivity index (χ0n) is 17.6. The van der Waals surface area contributed by atoms with E-state index < -0.39 is 0 Å². The summed E-state index contributed by atoms with van der Waals surface area (Å²) in [5.41, 5.74) is 4.46. The monoisotopic (exact) mass is 446 g/mol. The van der Waals surface area contributed by atoms with Crippen LogP contribution in [-0.2, 0) is 32.5 Å². The van der Waals surface area contributed by atoms with Gasteiger partial charge in [-0.1, -0.05) is 76.9 Å². The molecule has 0 saturated carbocycles. The fraction of sp³-hybridized carbons (Fsp3) is 0.455. The minimum Gasteiger partial charge on any atom is -1.00 e. The number of benzene rings is 2. The molecule has 0 spiro atoms. The predicted octanol–water partition coefficient (Wildman–Crippen LogP) is 0.00174. The Labute approximate surface area is 192 Å². The van der Waals surface area contributed by atoms with E-state index in [4.69, 9.17) is 0 Å². The summed E-state index contributed by atoms with van der Waals surface area (Å²) in [5.74, 6) is 0.793. The Hall–Kier alpha value is -0.666.